The lowest BCUT2D eigenvalue weighted by Crippen LogP contribution is -2.52. The van der Waals surface area contributed by atoms with Gasteiger partial charge in [0.2, 0.25) is 0 Å². The molecule has 126 valence electrons. The van der Waals surface area contributed by atoms with Gasteiger partial charge in [0.05, 0.1) is 6.04 Å². The number of carbonyl (C=O) groups excluding carboxylic acids is 2. The van der Waals surface area contributed by atoms with Crippen molar-refractivity contribution in [3.05, 3.63) is 0 Å². The van der Waals surface area contributed by atoms with E-state index in [1.807, 2.05) is 20.8 Å². The fourth-order valence-electron chi connectivity index (χ4n) is 3.09. The van der Waals surface area contributed by atoms with Gasteiger partial charge in [0.25, 0.3) is 0 Å². The number of hydrogen-bond donors (Lipinski definition) is 2. The Morgan fingerprint density at radius 1 is 1.23 bits per heavy atom. The van der Waals surface area contributed by atoms with Gasteiger partial charge in [-0.25, -0.2) is 4.79 Å². The van der Waals surface area contributed by atoms with Crippen molar-refractivity contribution >= 4 is 23.6 Å². The van der Waals surface area contributed by atoms with Crippen LogP contribution in [0, 0.1) is 5.92 Å². The summed E-state index contributed by atoms with van der Waals surface area (Å²) in [5, 5.41) is 5.88. The molecule has 1 amide bonds. The van der Waals surface area contributed by atoms with Gasteiger partial charge in [-0.1, -0.05) is 19.3 Å². The van der Waals surface area contributed by atoms with Crippen molar-refractivity contribution in [2.75, 3.05) is 12.3 Å². The van der Waals surface area contributed by atoms with Crippen LogP contribution in [0.25, 0.3) is 0 Å². The number of carbonyl (C=O) groups is 2. The Morgan fingerprint density at radius 2 is 1.91 bits per heavy atom. The monoisotopic (exact) mass is 328 g/mol. The quantitative estimate of drug-likeness (QED) is 0.830. The fraction of sp³-hybridized carbons (Fsp3) is 0.875. The molecule has 0 aromatic rings. The summed E-state index contributed by atoms with van der Waals surface area (Å²) in [4.78, 5) is 24.9. The minimum absolute atomic E-state index is 0.0975. The Labute approximate surface area is 137 Å². The second-order valence-corrected chi connectivity index (χ2v) is 8.34. The first kappa shape index (κ1) is 17.6. The second-order valence-electron chi connectivity index (χ2n) is 7.13. The third kappa shape index (κ3) is 5.16. The second kappa shape index (κ2) is 7.68. The molecular formula is C16H28N2O3S. The fourth-order valence-corrected chi connectivity index (χ4v) is 4.11. The summed E-state index contributed by atoms with van der Waals surface area (Å²) in [7, 11) is 0. The Morgan fingerprint density at radius 3 is 2.45 bits per heavy atom. The van der Waals surface area contributed by atoms with Gasteiger partial charge >= 0.3 is 6.09 Å². The van der Waals surface area contributed by atoms with E-state index in [9.17, 15) is 9.59 Å². The molecule has 22 heavy (non-hydrogen) atoms. The van der Waals surface area contributed by atoms with Gasteiger partial charge < -0.3 is 10.1 Å². The van der Waals surface area contributed by atoms with Gasteiger partial charge in [0.15, 0.2) is 5.78 Å². The molecule has 1 saturated carbocycles. The maximum Gasteiger partial charge on any atom is 0.408 e. The third-order valence-corrected chi connectivity index (χ3v) is 5.25. The predicted molar refractivity (Wildman–Crippen MR) is 89.0 cm³/mol. The zero-order valence-electron chi connectivity index (χ0n) is 13.8. The molecule has 0 bridgehead atoms. The van der Waals surface area contributed by atoms with Crippen LogP contribution in [0.3, 0.4) is 0 Å². The molecule has 6 heteroatoms. The number of nitrogens with one attached hydrogen (secondary N) is 2. The van der Waals surface area contributed by atoms with Crippen LogP contribution in [0.4, 0.5) is 4.79 Å². The number of ketones is 1. The molecule has 2 fully saturated rings. The summed E-state index contributed by atoms with van der Waals surface area (Å²) in [6, 6.07) is -0.432. The zero-order valence-corrected chi connectivity index (χ0v) is 14.6. The SMILES string of the molecule is CC(C)(C)OC(=O)N[C@H](C(=O)C1NCCS1)C1CCCCC1. The smallest absolute Gasteiger partial charge is 0.408 e. The van der Waals surface area contributed by atoms with E-state index < -0.39 is 17.7 Å². The number of amides is 1. The highest BCUT2D eigenvalue weighted by Gasteiger charge is 2.37. The minimum atomic E-state index is -0.551. The minimum Gasteiger partial charge on any atom is -0.444 e. The molecule has 1 saturated heterocycles. The van der Waals surface area contributed by atoms with Crippen molar-refractivity contribution in [2.24, 2.45) is 5.92 Å². The Kier molecular flexibility index (Phi) is 6.15. The summed E-state index contributed by atoms with van der Waals surface area (Å²) < 4.78 is 5.34. The largest absolute Gasteiger partial charge is 0.444 e. The van der Waals surface area contributed by atoms with E-state index in [2.05, 4.69) is 10.6 Å². The van der Waals surface area contributed by atoms with Gasteiger partial charge in [-0.3, -0.25) is 10.1 Å². The van der Waals surface area contributed by atoms with E-state index in [0.717, 1.165) is 38.0 Å². The molecule has 1 unspecified atom stereocenters. The van der Waals surface area contributed by atoms with Gasteiger partial charge in [0, 0.05) is 12.3 Å². The average Bonchev–Trinajstić information content (AvgIpc) is 2.97. The molecule has 5 nitrogen and oxygen atoms in total. The molecule has 0 radical (unpaired) electrons. The molecule has 1 heterocycles. The van der Waals surface area contributed by atoms with Crippen LogP contribution >= 0.6 is 11.8 Å². The first-order valence-electron chi connectivity index (χ1n) is 8.25. The summed E-state index contributed by atoms with van der Waals surface area (Å²) in [5.41, 5.74) is -0.551. The first-order chi connectivity index (χ1) is 10.4. The van der Waals surface area contributed by atoms with Crippen LogP contribution < -0.4 is 10.6 Å². The molecule has 2 atom stereocenters. The molecular weight excluding hydrogens is 300 g/mol. The van der Waals surface area contributed by atoms with Crippen molar-refractivity contribution in [2.45, 2.75) is 69.9 Å². The van der Waals surface area contributed by atoms with Gasteiger partial charge in [-0.15, -0.1) is 11.8 Å². The summed E-state index contributed by atoms with van der Waals surface area (Å²) in [5.74, 6) is 1.28. The number of hydrogen-bond acceptors (Lipinski definition) is 5. The van der Waals surface area contributed by atoms with E-state index >= 15 is 0 Å². The molecule has 2 aliphatic rings. The van der Waals surface area contributed by atoms with Crippen molar-refractivity contribution < 1.29 is 14.3 Å². The highest BCUT2D eigenvalue weighted by atomic mass is 32.2. The van der Waals surface area contributed by atoms with Crippen LogP contribution in [0.5, 0.6) is 0 Å². The highest BCUT2D eigenvalue weighted by Crippen LogP contribution is 2.29. The highest BCUT2D eigenvalue weighted by molar-refractivity contribution is 8.00. The normalized spacial score (nSPS) is 24.8. The molecule has 1 aliphatic carbocycles. The van der Waals surface area contributed by atoms with Crippen molar-refractivity contribution in [3.8, 4) is 0 Å². The number of thioether (sulfide) groups is 1. The van der Waals surface area contributed by atoms with E-state index in [-0.39, 0.29) is 17.1 Å². The van der Waals surface area contributed by atoms with Crippen LogP contribution in [0.1, 0.15) is 52.9 Å². The molecule has 0 aromatic carbocycles. The predicted octanol–water partition coefficient (Wildman–Crippen LogP) is 2.69. The Hall–Kier alpha value is -0.750. The van der Waals surface area contributed by atoms with Crippen LogP contribution in [-0.4, -0.2) is 41.2 Å². The first-order valence-corrected chi connectivity index (χ1v) is 9.30. The molecule has 0 aromatic heterocycles. The molecule has 2 rings (SSSR count). The average molecular weight is 328 g/mol. The van der Waals surface area contributed by atoms with E-state index in [1.165, 1.54) is 6.42 Å². The summed E-state index contributed by atoms with van der Waals surface area (Å²) in [6.07, 6.45) is 5.01. The molecule has 0 spiro atoms. The summed E-state index contributed by atoms with van der Waals surface area (Å²) >= 11 is 1.63. The maximum atomic E-state index is 12.8. The van der Waals surface area contributed by atoms with Crippen molar-refractivity contribution in [1.29, 1.82) is 0 Å². The number of Topliss-reactive ketones (excluding diaryl/α,β-unsaturated/α-hetero) is 1. The standard InChI is InChI=1S/C16H28N2O3S/c1-16(2,3)21-15(20)18-12(11-7-5-4-6-8-11)13(19)14-17-9-10-22-14/h11-12,14,17H,4-10H2,1-3H3,(H,18,20)/t12-,14?/m0/s1. The van der Waals surface area contributed by atoms with Crippen LogP contribution in [-0.2, 0) is 9.53 Å². The zero-order chi connectivity index (χ0) is 16.2. The third-order valence-electron chi connectivity index (χ3n) is 4.07. The molecule has 2 N–H and O–H groups in total. The maximum absolute atomic E-state index is 12.8. The lowest BCUT2D eigenvalue weighted by molar-refractivity contribution is -0.122. The van der Waals surface area contributed by atoms with Crippen LogP contribution in [0.15, 0.2) is 0 Å². The lowest BCUT2D eigenvalue weighted by atomic mass is 9.82. The van der Waals surface area contributed by atoms with Crippen LogP contribution in [0.2, 0.25) is 0 Å². The number of ether oxygens (including phenoxy) is 1. The van der Waals surface area contributed by atoms with E-state index in [4.69, 9.17) is 4.74 Å². The van der Waals surface area contributed by atoms with Crippen molar-refractivity contribution in [1.82, 2.24) is 10.6 Å². The van der Waals surface area contributed by atoms with Crippen molar-refractivity contribution in [3.63, 3.8) is 0 Å². The molecule has 1 aliphatic heterocycles. The van der Waals surface area contributed by atoms with E-state index in [1.54, 1.807) is 11.8 Å². The lowest BCUT2D eigenvalue weighted by Gasteiger charge is -2.32. The topological polar surface area (TPSA) is 67.4 Å². The Bertz CT molecular complexity index is 397. The van der Waals surface area contributed by atoms with Gasteiger partial charge in [-0.2, -0.15) is 0 Å². The number of alkyl carbamates (subject to hydrolysis) is 1. The van der Waals surface area contributed by atoms with Gasteiger partial charge in [0.1, 0.15) is 11.0 Å². The number of rotatable bonds is 4. The Balaban J connectivity index is 2.03. The van der Waals surface area contributed by atoms with Gasteiger partial charge in [-0.05, 0) is 39.5 Å². The summed E-state index contributed by atoms with van der Waals surface area (Å²) in [6.45, 7) is 6.35. The van der Waals surface area contributed by atoms with E-state index in [0.29, 0.717) is 0 Å².